The number of rotatable bonds is 4. The Morgan fingerprint density at radius 1 is 1.22 bits per heavy atom. The van der Waals surface area contributed by atoms with E-state index in [9.17, 15) is 0 Å². The van der Waals surface area contributed by atoms with Gasteiger partial charge in [0.15, 0.2) is 0 Å². The molecule has 1 unspecified atom stereocenters. The van der Waals surface area contributed by atoms with Crippen LogP contribution in [0.1, 0.15) is 18.5 Å². The number of benzene rings is 1. The molecule has 1 heterocycles. The third-order valence-corrected chi connectivity index (χ3v) is 3.06. The van der Waals surface area contributed by atoms with Crippen LogP contribution in [-0.2, 0) is 0 Å². The van der Waals surface area contributed by atoms with Crippen LogP contribution >= 0.6 is 11.6 Å². The van der Waals surface area contributed by atoms with Gasteiger partial charge in [0.1, 0.15) is 5.75 Å². The van der Waals surface area contributed by atoms with E-state index in [0.717, 1.165) is 5.56 Å². The van der Waals surface area contributed by atoms with E-state index in [1.54, 1.807) is 12.3 Å². The highest BCUT2D eigenvalue weighted by molar-refractivity contribution is 6.32. The number of nitrogens with zero attached hydrogens (tertiary/aromatic N) is 1. The highest BCUT2D eigenvalue weighted by Gasteiger charge is 2.05. The highest BCUT2D eigenvalue weighted by Crippen LogP contribution is 2.27. The number of para-hydroxylation sites is 1. The molecule has 1 N–H and O–H groups in total. The van der Waals surface area contributed by atoms with Gasteiger partial charge in [-0.2, -0.15) is 0 Å². The number of hydrogen-bond donors (Lipinski definition) is 1. The molecule has 0 spiro atoms. The lowest BCUT2D eigenvalue weighted by atomic mass is 10.1. The Labute approximate surface area is 112 Å². The number of halogens is 1. The maximum atomic E-state index is 6.02. The fourth-order valence-electron chi connectivity index (χ4n) is 1.52. The third-order valence-electron chi connectivity index (χ3n) is 2.74. The van der Waals surface area contributed by atoms with Crippen LogP contribution in [-0.4, -0.2) is 12.0 Å². The standard InChI is InChI=1S/C14H15ClN2O/c1-10(16-2)11-7-8-14(17-9-11)18-13-6-4-3-5-12(13)15/h3-10,16H,1-2H3. The number of aromatic nitrogens is 1. The molecule has 2 rings (SSSR count). The molecule has 0 aliphatic heterocycles. The molecular formula is C14H15ClN2O. The lowest BCUT2D eigenvalue weighted by molar-refractivity contribution is 0.462. The van der Waals surface area contributed by atoms with E-state index in [0.29, 0.717) is 16.7 Å². The molecule has 2 aromatic rings. The van der Waals surface area contributed by atoms with Gasteiger partial charge in [0.2, 0.25) is 5.88 Å². The summed E-state index contributed by atoms with van der Waals surface area (Å²) in [6, 6.07) is 11.4. The van der Waals surface area contributed by atoms with Crippen LogP contribution in [0.3, 0.4) is 0 Å². The van der Waals surface area contributed by atoms with Gasteiger partial charge in [-0.25, -0.2) is 4.98 Å². The van der Waals surface area contributed by atoms with E-state index in [1.165, 1.54) is 0 Å². The smallest absolute Gasteiger partial charge is 0.219 e. The van der Waals surface area contributed by atoms with Gasteiger partial charge >= 0.3 is 0 Å². The molecule has 18 heavy (non-hydrogen) atoms. The fraction of sp³-hybridized carbons (Fsp3) is 0.214. The average Bonchev–Trinajstić information content (AvgIpc) is 2.41. The van der Waals surface area contributed by atoms with Gasteiger partial charge in [-0.15, -0.1) is 0 Å². The molecule has 1 aromatic carbocycles. The van der Waals surface area contributed by atoms with Crippen molar-refractivity contribution in [3.63, 3.8) is 0 Å². The number of hydrogen-bond acceptors (Lipinski definition) is 3. The lowest BCUT2D eigenvalue weighted by Gasteiger charge is -2.11. The summed E-state index contributed by atoms with van der Waals surface area (Å²) in [5, 5.41) is 3.73. The van der Waals surface area contributed by atoms with Gasteiger partial charge in [-0.1, -0.05) is 29.8 Å². The Bertz CT molecular complexity index is 513. The van der Waals surface area contributed by atoms with Gasteiger partial charge < -0.3 is 10.1 Å². The molecule has 94 valence electrons. The molecular weight excluding hydrogens is 248 g/mol. The lowest BCUT2D eigenvalue weighted by Crippen LogP contribution is -2.12. The molecule has 0 amide bonds. The first kappa shape index (κ1) is 12.9. The van der Waals surface area contributed by atoms with E-state index in [1.807, 2.05) is 37.4 Å². The van der Waals surface area contributed by atoms with Crippen molar-refractivity contribution in [2.75, 3.05) is 7.05 Å². The summed E-state index contributed by atoms with van der Waals surface area (Å²) in [6.45, 7) is 2.08. The van der Waals surface area contributed by atoms with Crippen LogP contribution in [0, 0.1) is 0 Å². The number of nitrogens with one attached hydrogen (secondary N) is 1. The van der Waals surface area contributed by atoms with Crippen molar-refractivity contribution >= 4 is 11.6 Å². The van der Waals surface area contributed by atoms with Crippen LogP contribution in [0.15, 0.2) is 42.6 Å². The monoisotopic (exact) mass is 262 g/mol. The Kier molecular flexibility index (Phi) is 4.18. The predicted molar refractivity (Wildman–Crippen MR) is 73.2 cm³/mol. The van der Waals surface area contributed by atoms with Gasteiger partial charge in [0.05, 0.1) is 5.02 Å². The molecule has 1 aromatic heterocycles. The second-order valence-electron chi connectivity index (χ2n) is 3.97. The Morgan fingerprint density at radius 3 is 2.61 bits per heavy atom. The summed E-state index contributed by atoms with van der Waals surface area (Å²) in [5.41, 5.74) is 1.11. The van der Waals surface area contributed by atoms with Crippen molar-refractivity contribution in [2.45, 2.75) is 13.0 Å². The summed E-state index contributed by atoms with van der Waals surface area (Å²) in [4.78, 5) is 4.26. The largest absolute Gasteiger partial charge is 0.437 e. The molecule has 0 saturated carbocycles. The van der Waals surface area contributed by atoms with Crippen molar-refractivity contribution in [3.8, 4) is 11.6 Å². The molecule has 0 aliphatic rings. The first-order valence-electron chi connectivity index (χ1n) is 5.76. The summed E-state index contributed by atoms with van der Waals surface area (Å²) >= 11 is 6.02. The minimum atomic E-state index is 0.270. The topological polar surface area (TPSA) is 34.1 Å². The van der Waals surface area contributed by atoms with Crippen molar-refractivity contribution in [3.05, 3.63) is 53.2 Å². The normalized spacial score (nSPS) is 12.2. The molecule has 0 radical (unpaired) electrons. The van der Waals surface area contributed by atoms with Gasteiger partial charge in [0, 0.05) is 18.3 Å². The molecule has 1 atom stereocenters. The maximum absolute atomic E-state index is 6.02. The quantitative estimate of drug-likeness (QED) is 0.910. The maximum Gasteiger partial charge on any atom is 0.219 e. The average molecular weight is 263 g/mol. The molecule has 0 saturated heterocycles. The van der Waals surface area contributed by atoms with Crippen LogP contribution in [0.25, 0.3) is 0 Å². The summed E-state index contributed by atoms with van der Waals surface area (Å²) < 4.78 is 5.61. The first-order valence-corrected chi connectivity index (χ1v) is 6.14. The second-order valence-corrected chi connectivity index (χ2v) is 4.38. The van der Waals surface area contributed by atoms with E-state index < -0.39 is 0 Å². The summed E-state index contributed by atoms with van der Waals surface area (Å²) in [7, 11) is 1.92. The van der Waals surface area contributed by atoms with Crippen molar-refractivity contribution in [1.29, 1.82) is 0 Å². The summed E-state index contributed by atoms with van der Waals surface area (Å²) in [6.07, 6.45) is 1.80. The molecule has 0 aliphatic carbocycles. The first-order chi connectivity index (χ1) is 8.70. The zero-order valence-electron chi connectivity index (χ0n) is 10.4. The number of pyridine rings is 1. The molecule has 0 bridgehead atoms. The van der Waals surface area contributed by atoms with Crippen molar-refractivity contribution in [2.24, 2.45) is 0 Å². The van der Waals surface area contributed by atoms with Crippen LogP contribution in [0.5, 0.6) is 11.6 Å². The van der Waals surface area contributed by atoms with E-state index >= 15 is 0 Å². The molecule has 4 heteroatoms. The Morgan fingerprint density at radius 2 is 2.00 bits per heavy atom. The Hall–Kier alpha value is -1.58. The molecule has 0 fully saturated rings. The zero-order chi connectivity index (χ0) is 13.0. The second kappa shape index (κ2) is 5.85. The van der Waals surface area contributed by atoms with E-state index in [2.05, 4.69) is 17.2 Å². The predicted octanol–water partition coefficient (Wildman–Crippen LogP) is 3.81. The zero-order valence-corrected chi connectivity index (χ0v) is 11.1. The van der Waals surface area contributed by atoms with E-state index in [4.69, 9.17) is 16.3 Å². The molecule has 3 nitrogen and oxygen atoms in total. The fourth-order valence-corrected chi connectivity index (χ4v) is 1.69. The minimum absolute atomic E-state index is 0.270. The SMILES string of the molecule is CNC(C)c1ccc(Oc2ccccc2Cl)nc1. The van der Waals surface area contributed by atoms with Crippen LogP contribution in [0.4, 0.5) is 0 Å². The summed E-state index contributed by atoms with van der Waals surface area (Å²) in [5.74, 6) is 1.15. The minimum Gasteiger partial charge on any atom is -0.437 e. The van der Waals surface area contributed by atoms with Gasteiger partial charge in [-0.05, 0) is 31.7 Å². The number of ether oxygens (including phenoxy) is 1. The van der Waals surface area contributed by atoms with Gasteiger partial charge in [0.25, 0.3) is 0 Å². The van der Waals surface area contributed by atoms with E-state index in [-0.39, 0.29) is 6.04 Å². The van der Waals surface area contributed by atoms with Crippen molar-refractivity contribution < 1.29 is 4.74 Å². The van der Waals surface area contributed by atoms with Crippen LogP contribution < -0.4 is 10.1 Å². The Balaban J connectivity index is 2.14. The van der Waals surface area contributed by atoms with Crippen LogP contribution in [0.2, 0.25) is 5.02 Å². The third kappa shape index (κ3) is 3.00. The highest BCUT2D eigenvalue weighted by atomic mass is 35.5. The van der Waals surface area contributed by atoms with Crippen molar-refractivity contribution in [1.82, 2.24) is 10.3 Å². The van der Waals surface area contributed by atoms with Gasteiger partial charge in [-0.3, -0.25) is 0 Å².